The zero-order valence-electron chi connectivity index (χ0n) is 26.5. The molecule has 0 saturated carbocycles. The van der Waals surface area contributed by atoms with Gasteiger partial charge >= 0.3 is 0 Å². The number of anilines is 2. The first kappa shape index (κ1) is 30.8. The lowest BCUT2D eigenvalue weighted by Crippen LogP contribution is -2.56. The number of aromatic nitrogens is 4. The van der Waals surface area contributed by atoms with E-state index in [1.165, 1.54) is 5.19 Å². The number of aliphatic hydroxyl groups excluding tert-OH is 1. The predicted molar refractivity (Wildman–Crippen MR) is 182 cm³/mol. The molecule has 1 aliphatic heterocycles. The van der Waals surface area contributed by atoms with E-state index < -0.39 is 30.9 Å². The molecule has 1 fully saturated rings. The number of imidazole rings is 1. The van der Waals surface area contributed by atoms with Crippen LogP contribution in [0.15, 0.2) is 90.0 Å². The summed E-state index contributed by atoms with van der Waals surface area (Å²) in [5, 5.41) is 11.8. The Morgan fingerprint density at radius 1 is 1.00 bits per heavy atom. The molecule has 0 radical (unpaired) electrons. The van der Waals surface area contributed by atoms with Crippen LogP contribution in [0.3, 0.4) is 0 Å². The molecule has 0 aliphatic carbocycles. The average Bonchev–Trinajstić information content (AvgIpc) is 3.64. The topological polar surface area (TPSA) is 145 Å². The first-order chi connectivity index (χ1) is 21.3. The molecule has 1 aliphatic rings. The second kappa shape index (κ2) is 11.0. The van der Waals surface area contributed by atoms with Gasteiger partial charge in [-0.1, -0.05) is 106 Å². The fourth-order valence-electron chi connectivity index (χ4n) is 6.92. The molecule has 0 spiro atoms. The molecule has 0 bridgehead atoms. The van der Waals surface area contributed by atoms with Gasteiger partial charge in [-0.25, -0.2) is 4.98 Å². The van der Waals surface area contributed by atoms with Gasteiger partial charge in [0.1, 0.15) is 0 Å². The summed E-state index contributed by atoms with van der Waals surface area (Å²) in [5.74, 6) is -0.0182. The van der Waals surface area contributed by atoms with E-state index in [2.05, 4.69) is 85.2 Å². The van der Waals surface area contributed by atoms with Gasteiger partial charge in [0, 0.05) is 5.69 Å². The summed E-state index contributed by atoms with van der Waals surface area (Å²) in [5.41, 5.74) is 14.2. The van der Waals surface area contributed by atoms with E-state index in [9.17, 15) is 9.90 Å². The number of aromatic amines is 1. The van der Waals surface area contributed by atoms with Gasteiger partial charge < -0.3 is 21.3 Å². The highest BCUT2D eigenvalue weighted by Crippen LogP contribution is 2.57. The number of nitrogen functional groups attached to an aromatic ring is 2. The van der Waals surface area contributed by atoms with Crippen LogP contribution < -0.4 is 22.2 Å². The minimum atomic E-state index is -2.09. The van der Waals surface area contributed by atoms with Gasteiger partial charge in [0.05, 0.1) is 32.5 Å². The third kappa shape index (κ3) is 4.70. The minimum absolute atomic E-state index is 0.0182. The first-order valence-electron chi connectivity index (χ1n) is 15.4. The summed E-state index contributed by atoms with van der Waals surface area (Å²) in [6.07, 6.45) is 2.18. The summed E-state index contributed by atoms with van der Waals surface area (Å²) in [6.45, 7) is 11.5. The molecule has 3 aromatic carbocycles. The molecule has 0 unspecified atom stereocenters. The number of aliphatic hydroxyl groups is 1. The molecule has 45 heavy (non-hydrogen) atoms. The van der Waals surface area contributed by atoms with Crippen LogP contribution >= 0.6 is 0 Å². The quantitative estimate of drug-likeness (QED) is 0.115. The van der Waals surface area contributed by atoms with Gasteiger partial charge in [0.25, 0.3) is 5.56 Å². The van der Waals surface area contributed by atoms with E-state index in [-0.39, 0.29) is 23.1 Å². The zero-order chi connectivity index (χ0) is 32.2. The first-order valence-corrected chi connectivity index (χ1v) is 18.4. The molecule has 6 rings (SSSR count). The van der Waals surface area contributed by atoms with Gasteiger partial charge in [0.2, 0.25) is 5.95 Å². The Hall–Kier alpha value is -4.25. The van der Waals surface area contributed by atoms with Crippen LogP contribution in [0.25, 0.3) is 11.2 Å². The Morgan fingerprint density at radius 3 is 2.18 bits per heavy atom. The summed E-state index contributed by atoms with van der Waals surface area (Å²) < 4.78 is 9.00. The maximum Gasteiger partial charge on any atom is 0.280 e. The van der Waals surface area contributed by atoms with Crippen molar-refractivity contribution in [1.29, 1.82) is 0 Å². The molecule has 10 heteroatoms. The number of hydrogen-bond acceptors (Lipinski definition) is 7. The van der Waals surface area contributed by atoms with Crippen LogP contribution in [-0.4, -0.2) is 45.4 Å². The maximum atomic E-state index is 13.1. The number of benzene rings is 3. The van der Waals surface area contributed by atoms with Crippen LogP contribution in [0.1, 0.15) is 50.3 Å². The number of nitrogens with one attached hydrogen (secondary N) is 1. The SMILES string of the molecule is CC(C)(C)[Si](C)(C)c1cc(N)cc(C(c2ccccc2)(c2ccccc2)[C@]2(n3cnc4c(=O)[nH]c(N)nc43)CC[C@@H](CO)O2)c1. The Bertz CT molecular complexity index is 1860. The third-order valence-electron chi connectivity index (χ3n) is 10.2. The molecule has 2 atom stereocenters. The Morgan fingerprint density at radius 2 is 1.62 bits per heavy atom. The van der Waals surface area contributed by atoms with Crippen LogP contribution in [0.4, 0.5) is 11.6 Å². The normalized spacial score (nSPS) is 19.3. The predicted octanol–water partition coefficient (Wildman–Crippen LogP) is 4.86. The van der Waals surface area contributed by atoms with Gasteiger partial charge in [-0.15, -0.1) is 0 Å². The maximum absolute atomic E-state index is 13.1. The lowest BCUT2D eigenvalue weighted by atomic mass is 9.61. The second-order valence-corrected chi connectivity index (χ2v) is 19.0. The van der Waals surface area contributed by atoms with E-state index >= 15 is 0 Å². The highest BCUT2D eigenvalue weighted by molar-refractivity contribution is 6.92. The van der Waals surface area contributed by atoms with E-state index in [4.69, 9.17) is 16.2 Å². The number of hydrogen-bond donors (Lipinski definition) is 4. The van der Waals surface area contributed by atoms with Crippen LogP contribution in [0.5, 0.6) is 0 Å². The van der Waals surface area contributed by atoms with E-state index in [1.807, 2.05) is 47.0 Å². The van der Waals surface area contributed by atoms with Crippen molar-refractivity contribution in [3.05, 3.63) is 112 Å². The third-order valence-corrected chi connectivity index (χ3v) is 15.7. The fourth-order valence-corrected chi connectivity index (χ4v) is 8.83. The number of nitrogens with two attached hydrogens (primary N) is 2. The van der Waals surface area contributed by atoms with E-state index in [0.29, 0.717) is 24.2 Å². The molecule has 234 valence electrons. The summed E-state index contributed by atoms with van der Waals surface area (Å²) in [7, 11) is -2.09. The molecule has 5 aromatic rings. The van der Waals surface area contributed by atoms with Crippen molar-refractivity contribution in [2.75, 3.05) is 18.1 Å². The number of ether oxygens (including phenoxy) is 1. The highest BCUT2D eigenvalue weighted by Gasteiger charge is 2.61. The Kier molecular flexibility index (Phi) is 7.50. The molecule has 2 aromatic heterocycles. The molecule has 3 heterocycles. The molecule has 9 nitrogen and oxygen atoms in total. The van der Waals surface area contributed by atoms with E-state index in [1.54, 1.807) is 6.33 Å². The van der Waals surface area contributed by atoms with Crippen molar-refractivity contribution in [2.45, 2.75) is 69.0 Å². The van der Waals surface area contributed by atoms with Crippen molar-refractivity contribution in [2.24, 2.45) is 0 Å². The van der Waals surface area contributed by atoms with Crippen LogP contribution in [0, 0.1) is 0 Å². The molecule has 1 saturated heterocycles. The number of fused-ring (bicyclic) bond motifs is 1. The molecule has 6 N–H and O–H groups in total. The van der Waals surface area contributed by atoms with Crippen molar-refractivity contribution >= 4 is 36.1 Å². The Labute approximate surface area is 264 Å². The largest absolute Gasteiger partial charge is 0.399 e. The molecular formula is C35H42N6O3Si. The number of rotatable bonds is 7. The number of nitrogens with zero attached hydrogens (tertiary/aromatic N) is 3. The number of H-pyrrole nitrogens is 1. The van der Waals surface area contributed by atoms with E-state index in [0.717, 1.165) is 16.7 Å². The highest BCUT2D eigenvalue weighted by atomic mass is 28.3. The summed E-state index contributed by atoms with van der Waals surface area (Å²) in [4.78, 5) is 24.8. The minimum Gasteiger partial charge on any atom is -0.399 e. The Balaban J connectivity index is 1.83. The monoisotopic (exact) mass is 622 g/mol. The van der Waals surface area contributed by atoms with Gasteiger partial charge in [-0.05, 0) is 46.7 Å². The second-order valence-electron chi connectivity index (χ2n) is 13.7. The summed E-state index contributed by atoms with van der Waals surface area (Å²) >= 11 is 0. The van der Waals surface area contributed by atoms with Crippen molar-refractivity contribution in [3.63, 3.8) is 0 Å². The van der Waals surface area contributed by atoms with Crippen molar-refractivity contribution in [3.8, 4) is 0 Å². The molecule has 0 amide bonds. The standard InChI is InChI=1S/C35H42N6O3Si/c1-33(2,3)45(4,5)28-19-25(18-26(36)20-28)35(23-12-8-6-9-13-23,24-14-10-7-11-15-24)34(17-16-27(21-42)44-34)41-22-38-29-30(41)39-32(37)40-31(29)43/h6-15,18-20,22,27,42H,16-17,21,36H2,1-5H3,(H3,37,39,40,43)/t27-,34-/m0/s1. The smallest absolute Gasteiger partial charge is 0.280 e. The van der Waals surface area contributed by atoms with Crippen LogP contribution in [-0.2, 0) is 15.9 Å². The average molecular weight is 623 g/mol. The van der Waals surface area contributed by atoms with Gasteiger partial charge in [-0.3, -0.25) is 14.3 Å². The molecular weight excluding hydrogens is 581 g/mol. The zero-order valence-corrected chi connectivity index (χ0v) is 27.5. The lowest BCUT2D eigenvalue weighted by molar-refractivity contribution is -0.139. The summed E-state index contributed by atoms with van der Waals surface area (Å²) in [6, 6.07) is 27.0. The fraction of sp³-hybridized carbons (Fsp3) is 0.343. The van der Waals surface area contributed by atoms with Gasteiger partial charge in [-0.2, -0.15) is 4.98 Å². The van der Waals surface area contributed by atoms with Crippen LogP contribution in [0.2, 0.25) is 18.1 Å². The van der Waals surface area contributed by atoms with Crippen molar-refractivity contribution < 1.29 is 9.84 Å². The van der Waals surface area contributed by atoms with Gasteiger partial charge in [0.15, 0.2) is 16.9 Å². The van der Waals surface area contributed by atoms with Crippen molar-refractivity contribution in [1.82, 2.24) is 19.5 Å². The lowest BCUT2D eigenvalue weighted by Gasteiger charge is -2.50.